The van der Waals surface area contributed by atoms with Crippen LogP contribution in [-0.4, -0.2) is 39.7 Å². The van der Waals surface area contributed by atoms with E-state index >= 15 is 0 Å². The smallest absolute Gasteiger partial charge is 0.256 e. The zero-order chi connectivity index (χ0) is 18.1. The first-order valence-corrected chi connectivity index (χ1v) is 9.22. The van der Waals surface area contributed by atoms with Gasteiger partial charge in [-0.15, -0.1) is 0 Å². The van der Waals surface area contributed by atoms with Crippen LogP contribution in [0.5, 0.6) is 0 Å². The average Bonchev–Trinajstić information content (AvgIpc) is 3.28. The molecule has 134 valence electrons. The fourth-order valence-corrected chi connectivity index (χ4v) is 3.86. The summed E-state index contributed by atoms with van der Waals surface area (Å²) in [5.41, 5.74) is 3.04. The van der Waals surface area contributed by atoms with E-state index in [9.17, 15) is 9.90 Å². The molecule has 4 nitrogen and oxygen atoms in total. The van der Waals surface area contributed by atoms with Gasteiger partial charge >= 0.3 is 0 Å². The predicted octanol–water partition coefficient (Wildman–Crippen LogP) is 3.53. The monoisotopic (exact) mass is 348 g/mol. The molecule has 1 fully saturated rings. The molecule has 2 unspecified atom stereocenters. The van der Waals surface area contributed by atoms with Gasteiger partial charge in [0.15, 0.2) is 0 Å². The molecule has 2 aromatic carbocycles. The maximum absolute atomic E-state index is 13.1. The Morgan fingerprint density at radius 3 is 2.62 bits per heavy atom. The van der Waals surface area contributed by atoms with Gasteiger partial charge in [0.1, 0.15) is 0 Å². The molecule has 0 aliphatic carbocycles. The lowest BCUT2D eigenvalue weighted by molar-refractivity contribution is 0.0764. The minimum Gasteiger partial charge on any atom is -0.393 e. The lowest BCUT2D eigenvalue weighted by Gasteiger charge is -2.17. The number of aromatic nitrogens is 1. The van der Waals surface area contributed by atoms with Crippen molar-refractivity contribution in [1.29, 1.82) is 0 Å². The van der Waals surface area contributed by atoms with Crippen molar-refractivity contribution < 1.29 is 9.90 Å². The van der Waals surface area contributed by atoms with Gasteiger partial charge in [0, 0.05) is 42.7 Å². The number of benzene rings is 2. The second-order valence-electron chi connectivity index (χ2n) is 7.21. The van der Waals surface area contributed by atoms with Crippen LogP contribution in [0.25, 0.3) is 10.9 Å². The molecule has 3 aromatic rings. The first kappa shape index (κ1) is 16.9. The minimum atomic E-state index is -0.368. The van der Waals surface area contributed by atoms with Crippen molar-refractivity contribution in [3.8, 4) is 0 Å². The lowest BCUT2D eigenvalue weighted by Crippen LogP contribution is -2.30. The number of hydrogen-bond acceptors (Lipinski definition) is 2. The average molecular weight is 348 g/mol. The topological polar surface area (TPSA) is 45.5 Å². The van der Waals surface area contributed by atoms with Crippen molar-refractivity contribution in [2.45, 2.75) is 26.0 Å². The van der Waals surface area contributed by atoms with E-state index in [1.807, 2.05) is 54.4 Å². The van der Waals surface area contributed by atoms with Gasteiger partial charge < -0.3 is 14.6 Å². The Balaban J connectivity index is 1.66. The number of amides is 1. The number of nitrogens with zero attached hydrogens (tertiary/aromatic N) is 2. The van der Waals surface area contributed by atoms with E-state index in [1.165, 1.54) is 5.56 Å². The molecule has 1 aliphatic rings. The normalized spacial score (nSPS) is 18.4. The molecule has 1 aliphatic heterocycles. The van der Waals surface area contributed by atoms with Gasteiger partial charge in [-0.05, 0) is 25.0 Å². The summed E-state index contributed by atoms with van der Waals surface area (Å²) in [7, 11) is 0. The highest BCUT2D eigenvalue weighted by atomic mass is 16.3. The fraction of sp³-hybridized carbons (Fsp3) is 0.318. The molecule has 0 spiro atoms. The molecule has 1 aromatic heterocycles. The summed E-state index contributed by atoms with van der Waals surface area (Å²) in [4.78, 5) is 15.0. The molecule has 1 N–H and O–H groups in total. The summed E-state index contributed by atoms with van der Waals surface area (Å²) < 4.78 is 2.15. The van der Waals surface area contributed by atoms with Gasteiger partial charge in [-0.2, -0.15) is 0 Å². The summed E-state index contributed by atoms with van der Waals surface area (Å²) in [6.45, 7) is 3.90. The van der Waals surface area contributed by atoms with Crippen molar-refractivity contribution in [3.05, 3.63) is 71.9 Å². The molecule has 26 heavy (non-hydrogen) atoms. The van der Waals surface area contributed by atoms with Gasteiger partial charge in [0.25, 0.3) is 5.91 Å². The van der Waals surface area contributed by atoms with Crippen LogP contribution in [0.15, 0.2) is 60.8 Å². The summed E-state index contributed by atoms with van der Waals surface area (Å²) in [5.74, 6) is 0.243. The number of carbonyl (C=O) groups is 1. The first-order valence-electron chi connectivity index (χ1n) is 9.22. The minimum absolute atomic E-state index is 0.0659. The maximum Gasteiger partial charge on any atom is 0.256 e. The third-order valence-electron chi connectivity index (χ3n) is 5.41. The van der Waals surface area contributed by atoms with Crippen molar-refractivity contribution in [3.63, 3.8) is 0 Å². The summed E-state index contributed by atoms with van der Waals surface area (Å²) in [5, 5.41) is 10.8. The molecule has 1 saturated heterocycles. The van der Waals surface area contributed by atoms with Crippen molar-refractivity contribution in [2.75, 3.05) is 13.1 Å². The van der Waals surface area contributed by atoms with Crippen molar-refractivity contribution in [2.24, 2.45) is 5.92 Å². The van der Waals surface area contributed by atoms with Crippen LogP contribution in [-0.2, 0) is 6.54 Å². The van der Waals surface area contributed by atoms with Crippen LogP contribution in [0.4, 0.5) is 0 Å². The summed E-state index contributed by atoms with van der Waals surface area (Å²) >= 11 is 0. The number of para-hydroxylation sites is 1. The van der Waals surface area contributed by atoms with Crippen LogP contribution in [0, 0.1) is 5.92 Å². The molecular weight excluding hydrogens is 324 g/mol. The highest BCUT2D eigenvalue weighted by Crippen LogP contribution is 2.27. The molecule has 0 radical (unpaired) electrons. The van der Waals surface area contributed by atoms with Crippen LogP contribution in [0.1, 0.15) is 29.3 Å². The summed E-state index contributed by atoms with van der Waals surface area (Å²) in [6.07, 6.45) is 2.48. The van der Waals surface area contributed by atoms with Gasteiger partial charge in [0.2, 0.25) is 0 Å². The number of aliphatic hydroxyl groups is 1. The second-order valence-corrected chi connectivity index (χ2v) is 7.21. The van der Waals surface area contributed by atoms with Gasteiger partial charge in [-0.3, -0.25) is 4.79 Å². The Hall–Kier alpha value is -2.59. The molecule has 4 rings (SSSR count). The zero-order valence-electron chi connectivity index (χ0n) is 15.0. The number of fused-ring (bicyclic) bond motifs is 1. The summed E-state index contributed by atoms with van der Waals surface area (Å²) in [6, 6.07) is 18.4. The van der Waals surface area contributed by atoms with E-state index < -0.39 is 0 Å². The molecule has 0 saturated carbocycles. The van der Waals surface area contributed by atoms with Crippen molar-refractivity contribution in [1.82, 2.24) is 9.47 Å². The van der Waals surface area contributed by atoms with E-state index in [0.717, 1.165) is 29.4 Å². The lowest BCUT2D eigenvalue weighted by atomic mass is 10.0. The maximum atomic E-state index is 13.1. The van der Waals surface area contributed by atoms with Gasteiger partial charge in [-0.1, -0.05) is 48.5 Å². The Labute approximate surface area is 153 Å². The van der Waals surface area contributed by atoms with Crippen LogP contribution < -0.4 is 0 Å². The quantitative estimate of drug-likeness (QED) is 0.784. The predicted molar refractivity (Wildman–Crippen MR) is 103 cm³/mol. The third-order valence-corrected chi connectivity index (χ3v) is 5.41. The third kappa shape index (κ3) is 3.13. The van der Waals surface area contributed by atoms with E-state index in [0.29, 0.717) is 13.1 Å². The molecule has 4 heteroatoms. The Bertz CT molecular complexity index is 914. The number of hydrogen-bond donors (Lipinski definition) is 1. The fourth-order valence-electron chi connectivity index (χ4n) is 3.86. The SMILES string of the molecule is CC(O)C1CCN(C(=O)c2cn(Cc3ccccc3)c3ccccc23)C1. The standard InChI is InChI=1S/C22H24N2O2/c1-16(25)18-11-12-23(14-18)22(26)20-15-24(13-17-7-3-2-4-8-17)21-10-6-5-9-19(20)21/h2-10,15-16,18,25H,11-14H2,1H3. The number of aliphatic hydroxyl groups excluding tert-OH is 1. The Kier molecular flexibility index (Phi) is 4.51. The van der Waals surface area contributed by atoms with E-state index in [2.05, 4.69) is 22.8 Å². The molecule has 2 atom stereocenters. The number of carbonyl (C=O) groups excluding carboxylic acids is 1. The highest BCUT2D eigenvalue weighted by molar-refractivity contribution is 6.07. The molecule has 2 heterocycles. The Morgan fingerprint density at radius 2 is 1.88 bits per heavy atom. The zero-order valence-corrected chi connectivity index (χ0v) is 15.0. The molecule has 0 bridgehead atoms. The Morgan fingerprint density at radius 1 is 1.15 bits per heavy atom. The highest BCUT2D eigenvalue weighted by Gasteiger charge is 2.30. The van der Waals surface area contributed by atoms with Crippen LogP contribution in [0.3, 0.4) is 0 Å². The van der Waals surface area contributed by atoms with E-state index in [1.54, 1.807) is 0 Å². The van der Waals surface area contributed by atoms with Crippen LogP contribution >= 0.6 is 0 Å². The van der Waals surface area contributed by atoms with E-state index in [4.69, 9.17) is 0 Å². The first-order chi connectivity index (χ1) is 12.6. The number of rotatable bonds is 4. The molecular formula is C22H24N2O2. The van der Waals surface area contributed by atoms with Gasteiger partial charge in [-0.25, -0.2) is 0 Å². The van der Waals surface area contributed by atoms with Crippen molar-refractivity contribution >= 4 is 16.8 Å². The largest absolute Gasteiger partial charge is 0.393 e. The van der Waals surface area contributed by atoms with Gasteiger partial charge in [0.05, 0.1) is 11.7 Å². The molecule has 1 amide bonds. The number of likely N-dealkylation sites (tertiary alicyclic amines) is 1. The second kappa shape index (κ2) is 6.96. The van der Waals surface area contributed by atoms with Crippen LogP contribution in [0.2, 0.25) is 0 Å². The van der Waals surface area contributed by atoms with E-state index in [-0.39, 0.29) is 17.9 Å².